The van der Waals surface area contributed by atoms with Crippen molar-refractivity contribution in [1.29, 1.82) is 0 Å². The third kappa shape index (κ3) is 3.06. The van der Waals surface area contributed by atoms with Crippen LogP contribution < -0.4 is 0 Å². The van der Waals surface area contributed by atoms with E-state index >= 15 is 0 Å². The molecule has 0 saturated heterocycles. The predicted molar refractivity (Wildman–Crippen MR) is 58.9 cm³/mol. The van der Waals surface area contributed by atoms with Crippen molar-refractivity contribution in [3.05, 3.63) is 34.3 Å². The van der Waals surface area contributed by atoms with Gasteiger partial charge in [-0.1, -0.05) is 44.0 Å². The maximum atomic E-state index is 9.61. The van der Waals surface area contributed by atoms with Gasteiger partial charge in [-0.15, -0.1) is 0 Å². The van der Waals surface area contributed by atoms with E-state index in [0.717, 1.165) is 4.47 Å². The van der Waals surface area contributed by atoms with Gasteiger partial charge in [-0.2, -0.15) is 0 Å². The summed E-state index contributed by atoms with van der Waals surface area (Å²) < 4.78 is 0.894. The molecular formula is C9H10Br2O2. The third-order valence-electron chi connectivity index (χ3n) is 1.71. The van der Waals surface area contributed by atoms with Crippen LogP contribution in [0.15, 0.2) is 28.7 Å². The Hall–Kier alpha value is 0.100. The zero-order valence-electron chi connectivity index (χ0n) is 6.82. The summed E-state index contributed by atoms with van der Waals surface area (Å²) in [6.07, 6.45) is -1.61. The molecule has 0 aliphatic rings. The largest absolute Gasteiger partial charge is 0.389 e. The highest BCUT2D eigenvalue weighted by Crippen LogP contribution is 2.21. The van der Waals surface area contributed by atoms with Crippen LogP contribution in [0.4, 0.5) is 0 Å². The van der Waals surface area contributed by atoms with Crippen LogP contribution in [0.2, 0.25) is 0 Å². The lowest BCUT2D eigenvalue weighted by Gasteiger charge is -2.15. The first kappa shape index (κ1) is 11.2. The average molecular weight is 310 g/mol. The fourth-order valence-electron chi connectivity index (χ4n) is 0.997. The minimum absolute atomic E-state index is 0.362. The third-order valence-corrected chi connectivity index (χ3v) is 2.87. The molecule has 0 fully saturated rings. The van der Waals surface area contributed by atoms with Crippen LogP contribution in [-0.2, 0) is 0 Å². The number of halogens is 2. The minimum atomic E-state index is -0.836. The van der Waals surface area contributed by atoms with Crippen molar-refractivity contribution in [1.82, 2.24) is 0 Å². The molecule has 0 aliphatic carbocycles. The number of hydrogen-bond donors (Lipinski definition) is 2. The topological polar surface area (TPSA) is 40.5 Å². The Bertz CT molecular complexity index is 278. The summed E-state index contributed by atoms with van der Waals surface area (Å²) in [5.41, 5.74) is 0.710. The fraction of sp³-hybridized carbons (Fsp3) is 0.333. The highest BCUT2D eigenvalue weighted by atomic mass is 79.9. The van der Waals surface area contributed by atoms with Crippen molar-refractivity contribution in [2.75, 3.05) is 5.33 Å². The standard InChI is InChI=1S/C9H10Br2O2/c10-5-8(12)9(13)6-2-1-3-7(11)4-6/h1-4,8-9,12-13H,5H2. The molecule has 0 aliphatic heterocycles. The molecule has 2 unspecified atom stereocenters. The number of aliphatic hydroxyl groups excluding tert-OH is 2. The lowest BCUT2D eigenvalue weighted by Crippen LogP contribution is -2.19. The first-order valence-electron chi connectivity index (χ1n) is 3.82. The van der Waals surface area contributed by atoms with Crippen molar-refractivity contribution in [2.45, 2.75) is 12.2 Å². The van der Waals surface area contributed by atoms with Gasteiger partial charge in [0.25, 0.3) is 0 Å². The molecule has 0 radical (unpaired) electrons. The zero-order chi connectivity index (χ0) is 9.84. The van der Waals surface area contributed by atoms with Gasteiger partial charge in [0.1, 0.15) is 6.10 Å². The zero-order valence-corrected chi connectivity index (χ0v) is 9.99. The first-order valence-corrected chi connectivity index (χ1v) is 5.74. The quantitative estimate of drug-likeness (QED) is 0.841. The van der Waals surface area contributed by atoms with Crippen molar-refractivity contribution in [3.63, 3.8) is 0 Å². The van der Waals surface area contributed by atoms with E-state index in [2.05, 4.69) is 31.9 Å². The van der Waals surface area contributed by atoms with Crippen molar-refractivity contribution in [2.24, 2.45) is 0 Å². The molecule has 0 heterocycles. The van der Waals surface area contributed by atoms with Gasteiger partial charge in [-0.3, -0.25) is 0 Å². The summed E-state index contributed by atoms with van der Waals surface area (Å²) in [5, 5.41) is 19.3. The molecule has 0 spiro atoms. The van der Waals surface area contributed by atoms with Gasteiger partial charge in [0.2, 0.25) is 0 Å². The van der Waals surface area contributed by atoms with Crippen LogP contribution in [0, 0.1) is 0 Å². The van der Waals surface area contributed by atoms with Gasteiger partial charge in [0.15, 0.2) is 0 Å². The lowest BCUT2D eigenvalue weighted by molar-refractivity contribution is 0.0342. The maximum Gasteiger partial charge on any atom is 0.106 e. The Kier molecular flexibility index (Phi) is 4.38. The molecule has 0 amide bonds. The first-order chi connectivity index (χ1) is 6.15. The molecule has 0 aromatic heterocycles. The Labute approximate surface area is 93.8 Å². The molecule has 2 atom stereocenters. The molecule has 0 saturated carbocycles. The normalized spacial score (nSPS) is 15.4. The predicted octanol–water partition coefficient (Wildman–Crippen LogP) is 2.24. The van der Waals surface area contributed by atoms with E-state index in [1.54, 1.807) is 12.1 Å². The van der Waals surface area contributed by atoms with E-state index in [-0.39, 0.29) is 0 Å². The fourth-order valence-corrected chi connectivity index (χ4v) is 1.77. The van der Waals surface area contributed by atoms with Gasteiger partial charge in [-0.25, -0.2) is 0 Å². The molecule has 2 nitrogen and oxygen atoms in total. The number of rotatable bonds is 3. The van der Waals surface area contributed by atoms with Crippen molar-refractivity contribution < 1.29 is 10.2 Å². The monoisotopic (exact) mass is 308 g/mol. The van der Waals surface area contributed by atoms with Crippen molar-refractivity contribution in [3.8, 4) is 0 Å². The van der Waals surface area contributed by atoms with Gasteiger partial charge >= 0.3 is 0 Å². The molecule has 0 bridgehead atoms. The summed E-state index contributed by atoms with van der Waals surface area (Å²) >= 11 is 6.41. The molecule has 72 valence electrons. The van der Waals surface area contributed by atoms with E-state index in [9.17, 15) is 10.2 Å². The number of benzene rings is 1. The number of hydrogen-bond acceptors (Lipinski definition) is 2. The molecule has 1 rings (SSSR count). The van der Waals surface area contributed by atoms with E-state index in [4.69, 9.17) is 0 Å². The summed E-state index contributed by atoms with van der Waals surface area (Å²) in [7, 11) is 0. The molecule has 1 aromatic rings. The summed E-state index contributed by atoms with van der Waals surface area (Å²) in [5.74, 6) is 0. The van der Waals surface area contributed by atoms with Gasteiger partial charge in [-0.05, 0) is 17.7 Å². The Morgan fingerprint density at radius 1 is 1.31 bits per heavy atom. The van der Waals surface area contributed by atoms with E-state index in [1.807, 2.05) is 12.1 Å². The van der Waals surface area contributed by atoms with Crippen LogP contribution in [-0.4, -0.2) is 21.6 Å². The second-order valence-corrected chi connectivity index (χ2v) is 4.28. The Morgan fingerprint density at radius 2 is 2.00 bits per heavy atom. The van der Waals surface area contributed by atoms with Gasteiger partial charge < -0.3 is 10.2 Å². The molecule has 1 aromatic carbocycles. The molecular weight excluding hydrogens is 300 g/mol. The number of aliphatic hydroxyl groups is 2. The Balaban J connectivity index is 2.82. The SMILES string of the molecule is OC(CBr)C(O)c1cccc(Br)c1. The van der Waals surface area contributed by atoms with E-state index in [1.165, 1.54) is 0 Å². The van der Waals surface area contributed by atoms with E-state index < -0.39 is 12.2 Å². The lowest BCUT2D eigenvalue weighted by atomic mass is 10.1. The van der Waals surface area contributed by atoms with Crippen LogP contribution in [0.25, 0.3) is 0 Å². The molecule has 2 N–H and O–H groups in total. The second kappa shape index (κ2) is 5.10. The highest BCUT2D eigenvalue weighted by Gasteiger charge is 2.16. The summed E-state index contributed by atoms with van der Waals surface area (Å²) in [4.78, 5) is 0. The van der Waals surface area contributed by atoms with Crippen molar-refractivity contribution >= 4 is 31.9 Å². The van der Waals surface area contributed by atoms with Gasteiger partial charge in [0, 0.05) is 9.80 Å². The van der Waals surface area contributed by atoms with Crippen LogP contribution >= 0.6 is 31.9 Å². The maximum absolute atomic E-state index is 9.61. The van der Waals surface area contributed by atoms with Gasteiger partial charge in [0.05, 0.1) is 6.10 Å². The van der Waals surface area contributed by atoms with Crippen LogP contribution in [0.5, 0.6) is 0 Å². The summed E-state index contributed by atoms with van der Waals surface area (Å²) in [6.45, 7) is 0. The minimum Gasteiger partial charge on any atom is -0.389 e. The smallest absolute Gasteiger partial charge is 0.106 e. The average Bonchev–Trinajstić information content (AvgIpc) is 2.15. The van der Waals surface area contributed by atoms with Crippen LogP contribution in [0.1, 0.15) is 11.7 Å². The Morgan fingerprint density at radius 3 is 2.54 bits per heavy atom. The van der Waals surface area contributed by atoms with E-state index in [0.29, 0.717) is 10.9 Å². The second-order valence-electron chi connectivity index (χ2n) is 2.72. The van der Waals surface area contributed by atoms with Crippen LogP contribution in [0.3, 0.4) is 0 Å². The molecule has 13 heavy (non-hydrogen) atoms. The molecule has 4 heteroatoms. The summed E-state index contributed by atoms with van der Waals surface area (Å²) in [6, 6.07) is 7.26. The number of alkyl halides is 1. The highest BCUT2D eigenvalue weighted by molar-refractivity contribution is 9.10.